The number of nitrogens with one attached hydrogen (secondary N) is 24. The number of hydrogen-bond donors (Lipinski definition) is 33. The van der Waals surface area contributed by atoms with Crippen LogP contribution in [0.4, 0.5) is 0 Å². The molecule has 1 aromatic rings. The van der Waals surface area contributed by atoms with Crippen LogP contribution in [0.25, 0.3) is 5.70 Å². The number of guanidine groups is 7. The summed E-state index contributed by atoms with van der Waals surface area (Å²) in [7, 11) is 0. The van der Waals surface area contributed by atoms with Gasteiger partial charge in [-0.2, -0.15) is 0 Å². The molecule has 50 heteroatoms. The number of hydrogen-bond acceptors (Lipinski definition) is 20. The van der Waals surface area contributed by atoms with Crippen LogP contribution in [0.2, 0.25) is 0 Å². The third-order valence-corrected chi connectivity index (χ3v) is 25.8. The second-order valence-corrected chi connectivity index (χ2v) is 32.6. The summed E-state index contributed by atoms with van der Waals surface area (Å²) in [6, 6.07) is -10.8. The maximum Gasteiger partial charge on any atom is 0.260 e. The normalized spacial score (nSPS) is 13.3. The molecule has 0 spiro atoms. The van der Waals surface area contributed by atoms with Gasteiger partial charge in [-0.1, -0.05) is 19.4 Å². The van der Waals surface area contributed by atoms with Crippen molar-refractivity contribution in [2.75, 3.05) is 72.0 Å². The van der Waals surface area contributed by atoms with Crippen molar-refractivity contribution < 1.29 is 57.5 Å². The van der Waals surface area contributed by atoms with E-state index in [9.17, 15) is 57.5 Å². The van der Waals surface area contributed by atoms with Gasteiger partial charge in [-0.25, -0.2) is 0 Å². The van der Waals surface area contributed by atoms with E-state index in [0.29, 0.717) is 75.7 Å². The highest BCUT2D eigenvalue weighted by Crippen LogP contribution is 2.42. The van der Waals surface area contributed by atoms with Crippen LogP contribution in [0.5, 0.6) is 0 Å². The predicted molar refractivity (Wildman–Crippen MR) is 492 cm³/mol. The number of amides is 12. The van der Waals surface area contributed by atoms with E-state index in [4.69, 9.17) is 89.5 Å². The highest BCUT2D eigenvalue weighted by atomic mass is 127. The Morgan fingerprint density at radius 1 is 0.298 bits per heavy atom. The highest BCUT2D eigenvalue weighted by Gasteiger charge is 2.39. The molecule has 1 heterocycles. The summed E-state index contributed by atoms with van der Waals surface area (Å²) < 4.78 is 3.65. The summed E-state index contributed by atoms with van der Waals surface area (Å²) in [5.41, 5.74) is 51.7. The van der Waals surface area contributed by atoms with Crippen molar-refractivity contribution >= 4 is 209 Å². The Kier molecular flexibility index (Phi) is 53.3. The van der Waals surface area contributed by atoms with Gasteiger partial charge in [0.2, 0.25) is 65.0 Å². The molecule has 0 bridgehead atoms. The monoisotopic (exact) mass is 2150 g/mol. The van der Waals surface area contributed by atoms with Gasteiger partial charge >= 0.3 is 0 Å². The van der Waals surface area contributed by atoms with E-state index in [1.54, 1.807) is 0 Å². The standard InChI is InChI=1S/C71H124I4N34O12/c1-38-50-51(53(73)55(75)54(74)52(50)72)64(121)109(38)37-49(112)92-28-8-2-4-25-47(110)101-40(18-10-30-94-65(78)79)57(114)93-29-9-3-5-26-48(111)102-41(19-11-31-95-66(80)81)58(115)104-43(21-13-33-97-68(84)85)60(117)106-45(23-15-35-99-70(88)89)62(119)108-46(24-16-36-100-71(90)91)63(120)107-44(22-14-34-98-69(86)87)61(118)105-42(20-12-32-96-67(82)83)59(116)103-39(56(77)113)17-6-7-27-76/h39-46H,1-37,76H2,(H2,77,113)(H,92,112)(H,93,114)(H,101,110)(H,102,111)(H,103,116)(H,104,115)(H,105,118)(H,106,117)(H,107,120)(H,108,119)(H4,78,79,94)(H4,80,81,95)(H4,82,83,96)(H4,84,85,97)(H4,86,87,98)(H4,88,89,99)(H4,90,91,100)/t39-,40-,41-,42?,43?,44-,45-,46?/m1/s1. The first-order chi connectivity index (χ1) is 57.3. The molecule has 0 radical (unpaired) electrons. The van der Waals surface area contributed by atoms with Crippen LogP contribution < -0.4 is 142 Å². The van der Waals surface area contributed by atoms with Crippen LogP contribution in [0.3, 0.4) is 0 Å². The molecule has 12 amide bonds. The van der Waals surface area contributed by atoms with Gasteiger partial charge in [0.15, 0.2) is 41.7 Å². The molecule has 1 aliphatic heterocycles. The lowest BCUT2D eigenvalue weighted by molar-refractivity contribution is -0.136. The predicted octanol–water partition coefficient (Wildman–Crippen LogP) is -4.78. The zero-order valence-electron chi connectivity index (χ0n) is 67.8. The number of fused-ring (bicyclic) bond motifs is 1. The number of carbonyl (C=O) groups excluding carboxylic acids is 12. The van der Waals surface area contributed by atoms with Crippen LogP contribution in [0, 0.1) is 52.1 Å². The van der Waals surface area contributed by atoms with Gasteiger partial charge in [0, 0.05) is 97.3 Å². The highest BCUT2D eigenvalue weighted by molar-refractivity contribution is 14.1. The van der Waals surface area contributed by atoms with Crippen LogP contribution in [-0.2, 0) is 52.7 Å². The van der Waals surface area contributed by atoms with Crippen LogP contribution in [-0.4, -0.2) is 238 Å². The molecular formula is C71H124I4N34O12. The number of nitrogens with two attached hydrogens (primary N) is 9. The zero-order chi connectivity index (χ0) is 90.7. The topological polar surface area (TPSA) is 814 Å². The van der Waals surface area contributed by atoms with Crippen molar-refractivity contribution in [3.8, 4) is 0 Å². The van der Waals surface area contributed by atoms with Crippen LogP contribution in [0.1, 0.15) is 176 Å². The minimum atomic E-state index is -1.53. The Labute approximate surface area is 757 Å². The molecule has 2 rings (SSSR count). The molecule has 121 heavy (non-hydrogen) atoms. The van der Waals surface area contributed by atoms with E-state index >= 15 is 0 Å². The molecule has 3 unspecified atom stereocenters. The molecule has 1 aliphatic rings. The van der Waals surface area contributed by atoms with E-state index in [1.807, 2.05) is 0 Å². The van der Waals surface area contributed by atoms with Crippen LogP contribution in [0.15, 0.2) is 6.58 Å². The van der Waals surface area contributed by atoms with Crippen LogP contribution >= 0.6 is 90.4 Å². The second kappa shape index (κ2) is 60.0. The Morgan fingerprint density at radius 3 is 0.843 bits per heavy atom. The molecule has 678 valence electrons. The van der Waals surface area contributed by atoms with Gasteiger partial charge < -0.3 is 142 Å². The van der Waals surface area contributed by atoms with E-state index < -0.39 is 125 Å². The molecule has 46 nitrogen and oxygen atoms in total. The van der Waals surface area contributed by atoms with Gasteiger partial charge in [-0.15, -0.1) is 0 Å². The van der Waals surface area contributed by atoms with E-state index in [2.05, 4.69) is 187 Å². The van der Waals surface area contributed by atoms with Gasteiger partial charge in [0.1, 0.15) is 54.9 Å². The average molecular weight is 2150 g/mol. The van der Waals surface area contributed by atoms with Crippen molar-refractivity contribution in [1.82, 2.24) is 95.3 Å². The minimum absolute atomic E-state index is 0.00241. The third kappa shape index (κ3) is 44.7. The number of unbranched alkanes of at least 4 members (excludes halogenated alkanes) is 5. The Hall–Kier alpha value is -9.63. The number of primary amides is 1. The number of halogens is 4. The first-order valence-corrected chi connectivity index (χ1v) is 44.0. The molecule has 0 saturated heterocycles. The lowest BCUT2D eigenvalue weighted by Gasteiger charge is -2.28. The summed E-state index contributed by atoms with van der Waals surface area (Å²) in [4.78, 5) is 168. The quantitative estimate of drug-likeness (QED) is 0.00727. The number of nitrogens with zero attached hydrogens (tertiary/aromatic N) is 1. The van der Waals surface area contributed by atoms with Gasteiger partial charge in [0.05, 0.1) is 5.56 Å². The Balaban J connectivity index is 2.36. The molecule has 0 fully saturated rings. The van der Waals surface area contributed by atoms with Gasteiger partial charge in [0.25, 0.3) is 5.91 Å². The molecule has 0 aliphatic carbocycles. The smallest absolute Gasteiger partial charge is 0.260 e. The molecule has 8 atom stereocenters. The largest absolute Gasteiger partial charge is 0.370 e. The molecule has 0 saturated carbocycles. The summed E-state index contributed by atoms with van der Waals surface area (Å²) in [5, 5.41) is 99.1. The average Bonchev–Trinajstić information content (AvgIpc) is 1.59. The number of benzene rings is 1. The van der Waals surface area contributed by atoms with Gasteiger partial charge in [-0.3, -0.25) is 100 Å². The summed E-state index contributed by atoms with van der Waals surface area (Å²) in [6.07, 6.45) is 3.93. The fourth-order valence-corrected chi connectivity index (χ4v) is 15.9. The van der Waals surface area contributed by atoms with Gasteiger partial charge in [-0.05, 0) is 232 Å². The first-order valence-electron chi connectivity index (χ1n) is 39.7. The zero-order valence-corrected chi connectivity index (χ0v) is 76.5. The lowest BCUT2D eigenvalue weighted by Crippen LogP contribution is -2.60. The van der Waals surface area contributed by atoms with Crippen molar-refractivity contribution in [2.24, 2.45) is 51.6 Å². The molecule has 1 aromatic carbocycles. The summed E-state index contributed by atoms with van der Waals surface area (Å²) in [6.45, 7) is 5.16. The molecular weight excluding hydrogens is 2030 g/mol. The molecule has 42 N–H and O–H groups in total. The van der Waals surface area contributed by atoms with Crippen molar-refractivity contribution in [3.63, 3.8) is 0 Å². The van der Waals surface area contributed by atoms with E-state index in [0.717, 1.165) is 19.8 Å². The van der Waals surface area contributed by atoms with Crippen molar-refractivity contribution in [3.05, 3.63) is 32.0 Å². The number of carbonyl (C=O) groups is 12. The first kappa shape index (κ1) is 107. The second-order valence-electron chi connectivity index (χ2n) is 28.3. The minimum Gasteiger partial charge on any atom is -0.370 e. The fourth-order valence-electron chi connectivity index (χ4n) is 12.1. The van der Waals surface area contributed by atoms with E-state index in [1.165, 1.54) is 4.90 Å². The summed E-state index contributed by atoms with van der Waals surface area (Å²) in [5.74, 6) is -11.0. The Bertz CT molecular complexity index is 3710. The lowest BCUT2D eigenvalue weighted by atomic mass is 10.0. The SMILES string of the molecule is C=C1c2c(I)c(I)c(I)c(I)c2C(=O)N1CC(=O)NCCCCCC(=O)N[C@H](CCCNC(=N)N)C(=O)NCCCCCC(=O)N[C@H](CCCNC(=N)N)C(=O)NC(CCCNC(=N)N)C(=O)N[C@H](CCCNC(=N)N)C(=O)NC(CCCNC(=N)N)C(=O)N[C@H](CCCNC(=N)N)C(=O)NC(CCCNC(=N)N)C(=O)N[C@H](CCCCN)C(N)=O. The maximum absolute atomic E-state index is 14.8. The number of rotatable bonds is 62. The summed E-state index contributed by atoms with van der Waals surface area (Å²) >= 11 is 8.77. The van der Waals surface area contributed by atoms with E-state index in [-0.39, 0.29) is 204 Å². The van der Waals surface area contributed by atoms with Crippen molar-refractivity contribution in [1.29, 1.82) is 37.9 Å². The third-order valence-electron chi connectivity index (χ3n) is 18.4. The maximum atomic E-state index is 14.8. The fraction of sp³-hybridized carbons (Fsp3) is 0.620. The van der Waals surface area contributed by atoms with Crippen molar-refractivity contribution in [2.45, 2.75) is 209 Å². The Morgan fingerprint density at radius 2 is 0.554 bits per heavy atom. The molecule has 0 aromatic heterocycles.